The number of benzene rings is 2. The summed E-state index contributed by atoms with van der Waals surface area (Å²) in [5, 5.41) is 13.1. The number of nitrogens with one attached hydrogen (secondary N) is 1. The summed E-state index contributed by atoms with van der Waals surface area (Å²) in [5.41, 5.74) is 3.82. The van der Waals surface area contributed by atoms with E-state index in [0.29, 0.717) is 22.9 Å². The van der Waals surface area contributed by atoms with E-state index in [1.165, 1.54) is 12.1 Å². The average Bonchev–Trinajstić information content (AvgIpc) is 3.02. The maximum Gasteiger partial charge on any atom is 0.252 e. The molecule has 3 rings (SSSR count). The summed E-state index contributed by atoms with van der Waals surface area (Å²) in [6.45, 7) is 3.33. The Bertz CT molecular complexity index is 991. The van der Waals surface area contributed by atoms with Gasteiger partial charge in [0.15, 0.2) is 17.5 Å². The van der Waals surface area contributed by atoms with E-state index in [0.717, 1.165) is 0 Å². The Morgan fingerprint density at radius 1 is 1.27 bits per heavy atom. The third-order valence-corrected chi connectivity index (χ3v) is 3.49. The lowest BCUT2D eigenvalue weighted by Crippen LogP contribution is -2.01. The molecule has 0 saturated heterocycles. The van der Waals surface area contributed by atoms with Gasteiger partial charge in [0, 0.05) is 12.5 Å². The summed E-state index contributed by atoms with van der Waals surface area (Å²) in [5.74, 6) is 0.669. The molecular formula is C19H15FN4O2. The van der Waals surface area contributed by atoms with Gasteiger partial charge in [-0.15, -0.1) is 0 Å². The van der Waals surface area contributed by atoms with Crippen LogP contribution in [0.1, 0.15) is 24.1 Å². The minimum Gasteiger partial charge on any atom is -0.454 e. The fourth-order valence-corrected chi connectivity index (χ4v) is 2.20. The molecule has 0 aliphatic heterocycles. The zero-order chi connectivity index (χ0) is 18.5. The quantitative estimate of drug-likeness (QED) is 0.536. The third-order valence-electron chi connectivity index (χ3n) is 3.49. The van der Waals surface area contributed by atoms with Crippen LogP contribution in [0.5, 0.6) is 11.5 Å². The van der Waals surface area contributed by atoms with Crippen LogP contribution in [0.4, 0.5) is 10.3 Å². The minimum absolute atomic E-state index is 0.108. The van der Waals surface area contributed by atoms with Gasteiger partial charge in [-0.2, -0.15) is 10.4 Å². The molecule has 2 aromatic carbocycles. The Balaban J connectivity index is 1.76. The number of hydrogen-bond donors (Lipinski definition) is 1. The molecule has 0 aliphatic carbocycles. The Morgan fingerprint density at radius 3 is 2.73 bits per heavy atom. The van der Waals surface area contributed by atoms with Crippen LogP contribution in [-0.2, 0) is 0 Å². The first kappa shape index (κ1) is 17.2. The first-order valence-electron chi connectivity index (χ1n) is 7.77. The van der Waals surface area contributed by atoms with E-state index in [2.05, 4.69) is 15.5 Å². The van der Waals surface area contributed by atoms with Crippen molar-refractivity contribution in [3.8, 4) is 17.6 Å². The van der Waals surface area contributed by atoms with Crippen molar-refractivity contribution in [3.63, 3.8) is 0 Å². The van der Waals surface area contributed by atoms with Crippen molar-refractivity contribution in [2.45, 2.75) is 13.8 Å². The molecule has 0 saturated carbocycles. The number of anilines is 1. The summed E-state index contributed by atoms with van der Waals surface area (Å²) in [4.78, 5) is 3.91. The highest BCUT2D eigenvalue weighted by atomic mass is 19.1. The fraction of sp³-hybridized carbons (Fsp3) is 0.105. The SMILES string of the molecule is CC(=NNc1oc(C)nc1C#N)c1ccc(Oc2ccccc2)c(F)c1. The predicted molar refractivity (Wildman–Crippen MR) is 94.7 cm³/mol. The number of hydrazone groups is 1. The van der Waals surface area contributed by atoms with E-state index < -0.39 is 5.82 Å². The van der Waals surface area contributed by atoms with Crippen LogP contribution >= 0.6 is 0 Å². The van der Waals surface area contributed by atoms with Crippen LogP contribution < -0.4 is 10.2 Å². The van der Waals surface area contributed by atoms with E-state index in [1.54, 1.807) is 32.0 Å². The number of nitrogens with zero attached hydrogens (tertiary/aromatic N) is 3. The number of nitriles is 1. The minimum atomic E-state index is -0.505. The number of aryl methyl sites for hydroxylation is 1. The largest absolute Gasteiger partial charge is 0.454 e. The maximum absolute atomic E-state index is 14.3. The monoisotopic (exact) mass is 350 g/mol. The highest BCUT2D eigenvalue weighted by Gasteiger charge is 2.11. The fourth-order valence-electron chi connectivity index (χ4n) is 2.20. The van der Waals surface area contributed by atoms with E-state index >= 15 is 0 Å². The maximum atomic E-state index is 14.3. The van der Waals surface area contributed by atoms with E-state index in [9.17, 15) is 4.39 Å². The molecule has 1 heterocycles. The van der Waals surface area contributed by atoms with Crippen LogP contribution in [0.3, 0.4) is 0 Å². The average molecular weight is 350 g/mol. The number of rotatable bonds is 5. The van der Waals surface area contributed by atoms with E-state index in [4.69, 9.17) is 14.4 Å². The van der Waals surface area contributed by atoms with Crippen molar-refractivity contribution in [1.82, 2.24) is 4.98 Å². The van der Waals surface area contributed by atoms with Crippen molar-refractivity contribution in [3.05, 3.63) is 71.5 Å². The van der Waals surface area contributed by atoms with E-state index in [1.807, 2.05) is 24.3 Å². The topological polar surface area (TPSA) is 83.4 Å². The van der Waals surface area contributed by atoms with Gasteiger partial charge in [-0.05, 0) is 37.3 Å². The van der Waals surface area contributed by atoms with Crippen molar-refractivity contribution >= 4 is 11.6 Å². The van der Waals surface area contributed by atoms with Gasteiger partial charge in [0.25, 0.3) is 5.88 Å². The summed E-state index contributed by atoms with van der Waals surface area (Å²) in [6, 6.07) is 15.4. The smallest absolute Gasteiger partial charge is 0.252 e. The van der Waals surface area contributed by atoms with Crippen LogP contribution in [0.2, 0.25) is 0 Å². The van der Waals surface area contributed by atoms with Gasteiger partial charge in [0.2, 0.25) is 5.69 Å². The Morgan fingerprint density at radius 2 is 2.04 bits per heavy atom. The van der Waals surface area contributed by atoms with E-state index in [-0.39, 0.29) is 17.3 Å². The molecule has 26 heavy (non-hydrogen) atoms. The molecule has 0 aliphatic rings. The molecule has 6 nitrogen and oxygen atoms in total. The first-order valence-corrected chi connectivity index (χ1v) is 7.77. The molecule has 130 valence electrons. The molecule has 3 aromatic rings. The Hall–Kier alpha value is -3.66. The first-order chi connectivity index (χ1) is 12.6. The highest BCUT2D eigenvalue weighted by molar-refractivity contribution is 5.99. The lowest BCUT2D eigenvalue weighted by molar-refractivity contribution is 0.442. The lowest BCUT2D eigenvalue weighted by atomic mass is 10.1. The summed E-state index contributed by atoms with van der Waals surface area (Å²) >= 11 is 0. The standard InChI is InChI=1S/C19H15FN4O2/c1-12(23-24-19-17(11-21)22-13(2)25-19)14-8-9-18(16(20)10-14)26-15-6-4-3-5-7-15/h3-10,24H,1-2H3. The second-order valence-corrected chi connectivity index (χ2v) is 5.39. The second-order valence-electron chi connectivity index (χ2n) is 5.39. The van der Waals surface area contributed by atoms with Gasteiger partial charge in [-0.1, -0.05) is 18.2 Å². The molecule has 1 aromatic heterocycles. The van der Waals surface area contributed by atoms with Crippen molar-refractivity contribution in [2.75, 3.05) is 5.43 Å². The van der Waals surface area contributed by atoms with Crippen LogP contribution in [0.15, 0.2) is 58.0 Å². The molecule has 0 unspecified atom stereocenters. The molecule has 0 spiro atoms. The van der Waals surface area contributed by atoms with Gasteiger partial charge in [0.05, 0.1) is 5.71 Å². The second kappa shape index (κ2) is 7.49. The number of hydrogen-bond acceptors (Lipinski definition) is 6. The molecule has 0 atom stereocenters. The normalized spacial score (nSPS) is 11.1. The Labute approximate surface area is 149 Å². The Kier molecular flexibility index (Phi) is 4.94. The van der Waals surface area contributed by atoms with Crippen molar-refractivity contribution in [1.29, 1.82) is 5.26 Å². The van der Waals surface area contributed by atoms with Gasteiger partial charge in [0.1, 0.15) is 11.8 Å². The van der Waals surface area contributed by atoms with Gasteiger partial charge in [-0.3, -0.25) is 0 Å². The number of para-hydroxylation sites is 1. The highest BCUT2D eigenvalue weighted by Crippen LogP contribution is 2.25. The van der Waals surface area contributed by atoms with Gasteiger partial charge >= 0.3 is 0 Å². The number of halogens is 1. The molecular weight excluding hydrogens is 335 g/mol. The van der Waals surface area contributed by atoms with Crippen molar-refractivity contribution in [2.24, 2.45) is 5.10 Å². The lowest BCUT2D eigenvalue weighted by Gasteiger charge is -2.08. The van der Waals surface area contributed by atoms with Crippen LogP contribution in [0.25, 0.3) is 0 Å². The van der Waals surface area contributed by atoms with Gasteiger partial charge < -0.3 is 9.15 Å². The molecule has 0 fully saturated rings. The molecule has 0 amide bonds. The number of oxazole rings is 1. The summed E-state index contributed by atoms with van der Waals surface area (Å²) in [7, 11) is 0. The summed E-state index contributed by atoms with van der Waals surface area (Å²) < 4.78 is 25.1. The molecule has 0 bridgehead atoms. The van der Waals surface area contributed by atoms with Crippen LogP contribution in [0, 0.1) is 24.1 Å². The molecule has 7 heteroatoms. The zero-order valence-corrected chi connectivity index (χ0v) is 14.2. The molecule has 0 radical (unpaired) electrons. The third kappa shape index (κ3) is 3.87. The van der Waals surface area contributed by atoms with Gasteiger partial charge in [-0.25, -0.2) is 14.8 Å². The van der Waals surface area contributed by atoms with Crippen molar-refractivity contribution < 1.29 is 13.5 Å². The number of ether oxygens (including phenoxy) is 1. The number of aromatic nitrogens is 1. The van der Waals surface area contributed by atoms with Crippen LogP contribution in [-0.4, -0.2) is 10.7 Å². The molecule has 1 N–H and O–H groups in total. The zero-order valence-electron chi connectivity index (χ0n) is 14.2. The summed E-state index contributed by atoms with van der Waals surface area (Å²) in [6.07, 6.45) is 0. The predicted octanol–water partition coefficient (Wildman–Crippen LogP) is 4.62.